The second kappa shape index (κ2) is 4.23. The number of hydrogen-bond acceptors (Lipinski definition) is 4. The number of rotatable bonds is 2. The van der Waals surface area contributed by atoms with E-state index in [1.807, 2.05) is 6.07 Å². The van der Waals surface area contributed by atoms with Gasteiger partial charge in [0, 0.05) is 13.1 Å². The average molecular weight is 164 g/mol. The van der Waals surface area contributed by atoms with E-state index in [0.29, 0.717) is 5.69 Å². The van der Waals surface area contributed by atoms with Crippen molar-refractivity contribution in [1.82, 2.24) is 4.98 Å². The molecule has 0 fully saturated rings. The first-order valence-corrected chi connectivity index (χ1v) is 3.41. The van der Waals surface area contributed by atoms with Gasteiger partial charge in [-0.2, -0.15) is 0 Å². The molecule has 0 aromatic carbocycles. The van der Waals surface area contributed by atoms with Crippen LogP contribution in [0.25, 0.3) is 0 Å². The molecule has 12 heavy (non-hydrogen) atoms. The van der Waals surface area contributed by atoms with Crippen molar-refractivity contribution >= 4 is 12.2 Å². The maximum absolute atomic E-state index is 10.3. The molecule has 0 aliphatic rings. The number of nitrogens with zero attached hydrogens (tertiary/aromatic N) is 2. The van der Waals surface area contributed by atoms with Gasteiger partial charge in [0.2, 0.25) is 0 Å². The average Bonchev–Trinajstić information content (AvgIpc) is 2.05. The summed E-state index contributed by atoms with van der Waals surface area (Å²) in [6, 6.07) is 5.37. The van der Waals surface area contributed by atoms with Crippen LogP contribution in [-0.2, 0) is 9.63 Å². The number of hydrogen-bond donors (Lipinski definition) is 0. The van der Waals surface area contributed by atoms with Crippen molar-refractivity contribution < 1.29 is 9.63 Å². The van der Waals surface area contributed by atoms with Gasteiger partial charge in [-0.15, -0.1) is 0 Å². The van der Waals surface area contributed by atoms with Crippen LogP contribution in [0.3, 0.4) is 0 Å². The summed E-state index contributed by atoms with van der Waals surface area (Å²) in [6.45, 7) is 1.29. The van der Waals surface area contributed by atoms with E-state index < -0.39 is 5.97 Å². The number of carbonyl (C=O) groups excluding carboxylic acids is 1. The normalized spacial score (nSPS) is 10.1. The van der Waals surface area contributed by atoms with E-state index in [1.165, 1.54) is 13.1 Å². The highest BCUT2D eigenvalue weighted by molar-refractivity contribution is 5.77. The number of pyridine rings is 1. The Morgan fingerprint density at radius 3 is 3.08 bits per heavy atom. The smallest absolute Gasteiger partial charge is 0.319 e. The quantitative estimate of drug-likeness (QED) is 0.372. The van der Waals surface area contributed by atoms with Crippen LogP contribution < -0.4 is 0 Å². The van der Waals surface area contributed by atoms with Crippen molar-refractivity contribution in [1.29, 1.82) is 0 Å². The summed E-state index contributed by atoms with van der Waals surface area (Å²) in [7, 11) is 0. The molecule has 4 heteroatoms. The molecule has 0 atom stereocenters. The SMILES string of the molecule is CC(=O)ON=Cc1ccccn1. The second-order valence-electron chi connectivity index (χ2n) is 2.07. The third-order valence-electron chi connectivity index (χ3n) is 1.05. The van der Waals surface area contributed by atoms with Gasteiger partial charge in [0.25, 0.3) is 0 Å². The molecule has 1 rings (SSSR count). The number of carbonyl (C=O) groups is 1. The zero-order valence-corrected chi connectivity index (χ0v) is 6.60. The summed E-state index contributed by atoms with van der Waals surface area (Å²) in [5, 5.41) is 3.40. The first kappa shape index (κ1) is 8.39. The van der Waals surface area contributed by atoms with Crippen molar-refractivity contribution in [2.75, 3.05) is 0 Å². The molecule has 4 nitrogen and oxygen atoms in total. The molecule has 0 aliphatic heterocycles. The van der Waals surface area contributed by atoms with Gasteiger partial charge in [-0.1, -0.05) is 11.2 Å². The second-order valence-corrected chi connectivity index (χ2v) is 2.07. The molecular formula is C8H8N2O2. The van der Waals surface area contributed by atoms with E-state index >= 15 is 0 Å². The highest BCUT2D eigenvalue weighted by Crippen LogP contribution is 1.88. The topological polar surface area (TPSA) is 51.5 Å². The molecule has 0 bridgehead atoms. The summed E-state index contributed by atoms with van der Waals surface area (Å²) in [5.41, 5.74) is 0.652. The Morgan fingerprint density at radius 1 is 1.67 bits per heavy atom. The lowest BCUT2D eigenvalue weighted by Gasteiger charge is -1.89. The molecule has 0 spiro atoms. The molecule has 0 aliphatic carbocycles. The van der Waals surface area contributed by atoms with Gasteiger partial charge in [0.05, 0.1) is 11.9 Å². The van der Waals surface area contributed by atoms with Crippen LogP contribution in [0.4, 0.5) is 0 Å². The summed E-state index contributed by atoms with van der Waals surface area (Å²) in [5.74, 6) is -0.442. The van der Waals surface area contributed by atoms with Gasteiger partial charge in [0.1, 0.15) is 0 Å². The Kier molecular flexibility index (Phi) is 2.95. The highest BCUT2D eigenvalue weighted by atomic mass is 16.7. The van der Waals surface area contributed by atoms with Crippen molar-refractivity contribution in [3.8, 4) is 0 Å². The van der Waals surface area contributed by atoms with Crippen molar-refractivity contribution in [3.05, 3.63) is 30.1 Å². The summed E-state index contributed by atoms with van der Waals surface area (Å²) < 4.78 is 0. The van der Waals surface area contributed by atoms with E-state index in [9.17, 15) is 4.79 Å². The minimum Gasteiger partial charge on any atom is -0.319 e. The standard InChI is InChI=1S/C8H8N2O2/c1-7(11)12-10-6-8-4-2-3-5-9-8/h2-6H,1H3. The maximum Gasteiger partial charge on any atom is 0.331 e. The first-order valence-electron chi connectivity index (χ1n) is 3.41. The molecule has 1 aromatic heterocycles. The zero-order chi connectivity index (χ0) is 8.81. The van der Waals surface area contributed by atoms with Gasteiger partial charge in [-0.25, -0.2) is 4.79 Å². The lowest BCUT2D eigenvalue weighted by atomic mass is 10.4. The molecule has 0 radical (unpaired) electrons. The summed E-state index contributed by atoms with van der Waals surface area (Å²) >= 11 is 0. The third kappa shape index (κ3) is 2.92. The fourth-order valence-corrected chi connectivity index (χ4v) is 0.607. The molecule has 0 N–H and O–H groups in total. The summed E-state index contributed by atoms with van der Waals surface area (Å²) in [4.78, 5) is 18.5. The van der Waals surface area contributed by atoms with Crippen LogP contribution in [0.5, 0.6) is 0 Å². The molecule has 0 saturated carbocycles. The van der Waals surface area contributed by atoms with Gasteiger partial charge >= 0.3 is 5.97 Å². The monoisotopic (exact) mass is 164 g/mol. The predicted octanol–water partition coefficient (Wildman–Crippen LogP) is 0.979. The van der Waals surface area contributed by atoms with E-state index in [1.54, 1.807) is 18.3 Å². The molecule has 62 valence electrons. The van der Waals surface area contributed by atoms with Gasteiger partial charge in [-0.3, -0.25) is 4.98 Å². The lowest BCUT2D eigenvalue weighted by Crippen LogP contribution is -1.92. The van der Waals surface area contributed by atoms with Crippen LogP contribution in [0.1, 0.15) is 12.6 Å². The molecule has 0 amide bonds. The lowest BCUT2D eigenvalue weighted by molar-refractivity contribution is -0.140. The highest BCUT2D eigenvalue weighted by Gasteiger charge is 1.88. The van der Waals surface area contributed by atoms with Crippen LogP contribution >= 0.6 is 0 Å². The Hall–Kier alpha value is -1.71. The van der Waals surface area contributed by atoms with Crippen molar-refractivity contribution in [2.24, 2.45) is 5.16 Å². The molecule has 1 heterocycles. The molecular weight excluding hydrogens is 156 g/mol. The number of oxime groups is 1. The van der Waals surface area contributed by atoms with Crippen molar-refractivity contribution in [2.45, 2.75) is 6.92 Å². The Bertz CT molecular complexity index is 282. The van der Waals surface area contributed by atoms with Crippen LogP contribution in [0.15, 0.2) is 29.6 Å². The van der Waals surface area contributed by atoms with Crippen molar-refractivity contribution in [3.63, 3.8) is 0 Å². The molecule has 0 saturated heterocycles. The van der Waals surface area contributed by atoms with E-state index in [4.69, 9.17) is 0 Å². The predicted molar refractivity (Wildman–Crippen MR) is 43.6 cm³/mol. The minimum atomic E-state index is -0.442. The molecule has 0 unspecified atom stereocenters. The largest absolute Gasteiger partial charge is 0.331 e. The van der Waals surface area contributed by atoms with Gasteiger partial charge in [-0.05, 0) is 12.1 Å². The van der Waals surface area contributed by atoms with E-state index in [-0.39, 0.29) is 0 Å². The minimum absolute atomic E-state index is 0.442. The van der Waals surface area contributed by atoms with E-state index in [2.05, 4.69) is 15.0 Å². The first-order chi connectivity index (χ1) is 5.79. The van der Waals surface area contributed by atoms with Crippen LogP contribution in [0.2, 0.25) is 0 Å². The third-order valence-corrected chi connectivity index (χ3v) is 1.05. The Balaban J connectivity index is 2.52. The maximum atomic E-state index is 10.3. The van der Waals surface area contributed by atoms with Crippen LogP contribution in [0, 0.1) is 0 Å². The van der Waals surface area contributed by atoms with Gasteiger partial charge in [0.15, 0.2) is 0 Å². The fourth-order valence-electron chi connectivity index (χ4n) is 0.607. The molecule has 1 aromatic rings. The Labute approximate surface area is 69.9 Å². The van der Waals surface area contributed by atoms with E-state index in [0.717, 1.165) is 0 Å². The van der Waals surface area contributed by atoms with Crippen LogP contribution in [-0.4, -0.2) is 17.2 Å². The summed E-state index contributed by atoms with van der Waals surface area (Å²) in [6.07, 6.45) is 3.01. The number of aromatic nitrogens is 1. The fraction of sp³-hybridized carbons (Fsp3) is 0.125. The van der Waals surface area contributed by atoms with Gasteiger partial charge < -0.3 is 4.84 Å². The zero-order valence-electron chi connectivity index (χ0n) is 6.60. The Morgan fingerprint density at radius 2 is 2.50 bits per heavy atom.